The third-order valence-corrected chi connectivity index (χ3v) is 4.02. The molecule has 2 aliphatic carbocycles. The monoisotopic (exact) mass is 192 g/mol. The molecule has 0 spiro atoms. The molecule has 0 heterocycles. The molecule has 2 rings (SSSR count). The van der Waals surface area contributed by atoms with Crippen molar-refractivity contribution < 1.29 is 0 Å². The van der Waals surface area contributed by atoms with Gasteiger partial charge in [-0.15, -0.1) is 0 Å². The van der Waals surface area contributed by atoms with Crippen molar-refractivity contribution in [2.24, 2.45) is 11.8 Å². The van der Waals surface area contributed by atoms with Gasteiger partial charge in [0.25, 0.3) is 0 Å². The van der Waals surface area contributed by atoms with Crippen molar-refractivity contribution in [1.29, 1.82) is 0 Å². The first-order chi connectivity index (χ1) is 6.95. The molecule has 0 aliphatic heterocycles. The summed E-state index contributed by atoms with van der Waals surface area (Å²) in [5, 5.41) is 0. The molecule has 14 heavy (non-hydrogen) atoms. The topological polar surface area (TPSA) is 0 Å². The van der Waals surface area contributed by atoms with Crippen LogP contribution < -0.4 is 0 Å². The molecule has 0 amide bonds. The molecule has 0 N–H and O–H groups in total. The maximum absolute atomic E-state index is 2.48. The minimum Gasteiger partial charge on any atom is -0.0883 e. The second-order valence-electron chi connectivity index (χ2n) is 5.20. The van der Waals surface area contributed by atoms with E-state index < -0.39 is 0 Å². The first-order valence-electron chi connectivity index (χ1n) is 6.62. The Morgan fingerprint density at radius 3 is 2.43 bits per heavy atom. The van der Waals surface area contributed by atoms with Gasteiger partial charge in [-0.3, -0.25) is 0 Å². The van der Waals surface area contributed by atoms with Crippen LogP contribution in [0.25, 0.3) is 0 Å². The van der Waals surface area contributed by atoms with E-state index in [9.17, 15) is 0 Å². The van der Waals surface area contributed by atoms with Crippen LogP contribution in [0.1, 0.15) is 64.2 Å². The molecule has 0 saturated heterocycles. The summed E-state index contributed by atoms with van der Waals surface area (Å²) in [5.74, 6) is 2.02. The number of hydrogen-bond donors (Lipinski definition) is 0. The normalized spacial score (nSPS) is 29.3. The number of rotatable bonds is 3. The van der Waals surface area contributed by atoms with E-state index in [-0.39, 0.29) is 0 Å². The van der Waals surface area contributed by atoms with Gasteiger partial charge in [-0.25, -0.2) is 0 Å². The van der Waals surface area contributed by atoms with Gasteiger partial charge in [0.1, 0.15) is 0 Å². The third kappa shape index (κ3) is 3.15. The average Bonchev–Trinajstić information content (AvgIpc) is 2.29. The van der Waals surface area contributed by atoms with Gasteiger partial charge in [0.2, 0.25) is 0 Å². The first-order valence-corrected chi connectivity index (χ1v) is 6.62. The van der Waals surface area contributed by atoms with Crippen LogP contribution in [0.3, 0.4) is 0 Å². The fourth-order valence-electron chi connectivity index (χ4n) is 3.05. The molecule has 0 aromatic heterocycles. The summed E-state index contributed by atoms with van der Waals surface area (Å²) in [4.78, 5) is 0. The van der Waals surface area contributed by atoms with E-state index in [4.69, 9.17) is 0 Å². The van der Waals surface area contributed by atoms with Gasteiger partial charge in [0.05, 0.1) is 0 Å². The Bertz CT molecular complexity index is 174. The molecule has 1 atom stereocenters. The zero-order chi connectivity index (χ0) is 9.64. The SMILES string of the molecule is C1=CC(CCC2CCCCC2)CCC1. The summed E-state index contributed by atoms with van der Waals surface area (Å²) in [6.45, 7) is 0. The molecule has 0 aromatic rings. The van der Waals surface area contributed by atoms with Crippen molar-refractivity contribution in [3.63, 3.8) is 0 Å². The van der Waals surface area contributed by atoms with Crippen LogP contribution in [0.5, 0.6) is 0 Å². The Morgan fingerprint density at radius 2 is 1.71 bits per heavy atom. The fourth-order valence-corrected chi connectivity index (χ4v) is 3.05. The van der Waals surface area contributed by atoms with Crippen LogP contribution >= 0.6 is 0 Å². The van der Waals surface area contributed by atoms with Crippen LogP contribution in [-0.4, -0.2) is 0 Å². The zero-order valence-corrected chi connectivity index (χ0v) is 9.38. The van der Waals surface area contributed by atoms with E-state index in [1.165, 1.54) is 64.2 Å². The summed E-state index contributed by atoms with van der Waals surface area (Å²) in [6.07, 6.45) is 19.6. The highest BCUT2D eigenvalue weighted by Gasteiger charge is 2.15. The predicted molar refractivity (Wildman–Crippen MR) is 62.3 cm³/mol. The van der Waals surface area contributed by atoms with Gasteiger partial charge < -0.3 is 0 Å². The summed E-state index contributed by atoms with van der Waals surface area (Å²) in [7, 11) is 0. The van der Waals surface area contributed by atoms with Crippen molar-refractivity contribution in [3.05, 3.63) is 12.2 Å². The van der Waals surface area contributed by atoms with Crippen LogP contribution in [0.4, 0.5) is 0 Å². The Balaban J connectivity index is 1.65. The standard InChI is InChI=1S/C14H24/c1-3-7-13(8-4-1)11-12-14-9-5-2-6-10-14/h3,7,13-14H,1-2,4-6,8-12H2. The minimum atomic E-state index is 0.936. The third-order valence-electron chi connectivity index (χ3n) is 4.02. The highest BCUT2D eigenvalue weighted by Crippen LogP contribution is 2.30. The van der Waals surface area contributed by atoms with E-state index in [0.29, 0.717) is 0 Å². The Hall–Kier alpha value is -0.260. The van der Waals surface area contributed by atoms with Crippen LogP contribution in [0, 0.1) is 11.8 Å². The fraction of sp³-hybridized carbons (Fsp3) is 0.857. The molecule has 0 nitrogen and oxygen atoms in total. The van der Waals surface area contributed by atoms with Crippen LogP contribution in [-0.2, 0) is 0 Å². The predicted octanol–water partition coefficient (Wildman–Crippen LogP) is 4.70. The molecule has 0 aromatic carbocycles. The Morgan fingerprint density at radius 1 is 0.857 bits per heavy atom. The second kappa shape index (κ2) is 5.58. The Labute approximate surface area is 88.8 Å². The van der Waals surface area contributed by atoms with Gasteiger partial charge >= 0.3 is 0 Å². The smallest absolute Gasteiger partial charge is 0.0233 e. The molecule has 1 unspecified atom stereocenters. The van der Waals surface area contributed by atoms with E-state index in [1.807, 2.05) is 0 Å². The largest absolute Gasteiger partial charge is 0.0883 e. The molecular weight excluding hydrogens is 168 g/mol. The zero-order valence-electron chi connectivity index (χ0n) is 9.38. The van der Waals surface area contributed by atoms with Crippen LogP contribution in [0.15, 0.2) is 12.2 Å². The highest BCUT2D eigenvalue weighted by atomic mass is 14.2. The minimum absolute atomic E-state index is 0.936. The van der Waals surface area contributed by atoms with Crippen molar-refractivity contribution in [2.75, 3.05) is 0 Å². The molecular formula is C14H24. The van der Waals surface area contributed by atoms with Gasteiger partial charge in [0.15, 0.2) is 0 Å². The lowest BCUT2D eigenvalue weighted by Crippen LogP contribution is -2.09. The molecule has 1 fully saturated rings. The average molecular weight is 192 g/mol. The second-order valence-corrected chi connectivity index (χ2v) is 5.20. The van der Waals surface area contributed by atoms with E-state index in [2.05, 4.69) is 12.2 Å². The van der Waals surface area contributed by atoms with Gasteiger partial charge in [-0.05, 0) is 43.9 Å². The highest BCUT2D eigenvalue weighted by molar-refractivity contribution is 4.92. The summed E-state index contributed by atoms with van der Waals surface area (Å²) < 4.78 is 0. The molecule has 0 radical (unpaired) electrons. The van der Waals surface area contributed by atoms with Gasteiger partial charge in [0, 0.05) is 0 Å². The van der Waals surface area contributed by atoms with Crippen molar-refractivity contribution in [3.8, 4) is 0 Å². The lowest BCUT2D eigenvalue weighted by molar-refractivity contribution is 0.313. The quantitative estimate of drug-likeness (QED) is 0.568. The lowest BCUT2D eigenvalue weighted by atomic mass is 9.82. The Kier molecular flexibility index (Phi) is 4.09. The summed E-state index contributed by atoms with van der Waals surface area (Å²) in [6, 6.07) is 0. The van der Waals surface area contributed by atoms with Crippen molar-refractivity contribution >= 4 is 0 Å². The summed E-state index contributed by atoms with van der Waals surface area (Å²) >= 11 is 0. The first kappa shape index (κ1) is 10.3. The molecule has 1 saturated carbocycles. The lowest BCUT2D eigenvalue weighted by Gasteiger charge is -2.24. The van der Waals surface area contributed by atoms with Gasteiger partial charge in [-0.1, -0.05) is 44.3 Å². The molecule has 80 valence electrons. The molecule has 0 heteroatoms. The maximum Gasteiger partial charge on any atom is -0.0233 e. The van der Waals surface area contributed by atoms with Crippen molar-refractivity contribution in [2.45, 2.75) is 64.2 Å². The van der Waals surface area contributed by atoms with E-state index >= 15 is 0 Å². The van der Waals surface area contributed by atoms with E-state index in [1.54, 1.807) is 0 Å². The summed E-state index contributed by atoms with van der Waals surface area (Å²) in [5.41, 5.74) is 0. The molecule has 2 aliphatic rings. The number of hydrogen-bond acceptors (Lipinski definition) is 0. The van der Waals surface area contributed by atoms with Crippen LogP contribution in [0.2, 0.25) is 0 Å². The van der Waals surface area contributed by atoms with Gasteiger partial charge in [-0.2, -0.15) is 0 Å². The maximum atomic E-state index is 2.48. The van der Waals surface area contributed by atoms with E-state index in [0.717, 1.165) is 11.8 Å². The molecule has 0 bridgehead atoms. The van der Waals surface area contributed by atoms with Crippen molar-refractivity contribution in [1.82, 2.24) is 0 Å². The number of allylic oxidation sites excluding steroid dienone is 2.